The molecule has 4 heteroatoms. The molecule has 1 atom stereocenters. The Hall–Kier alpha value is -1.16. The number of piperidine rings is 1. The number of rotatable bonds is 4. The van der Waals surface area contributed by atoms with Crippen molar-refractivity contribution in [2.75, 3.05) is 18.0 Å². The second-order valence-electron chi connectivity index (χ2n) is 5.33. The third-order valence-electron chi connectivity index (χ3n) is 3.77. The first kappa shape index (κ1) is 14.3. The molecule has 1 aliphatic rings. The van der Waals surface area contributed by atoms with Gasteiger partial charge < -0.3 is 10.6 Å². The number of nitrogens with zero attached hydrogens (tertiary/aromatic N) is 1. The summed E-state index contributed by atoms with van der Waals surface area (Å²) in [6.45, 7) is 3.45. The lowest BCUT2D eigenvalue weighted by molar-refractivity contribution is 0.527. The van der Waals surface area contributed by atoms with Crippen molar-refractivity contribution in [1.29, 1.82) is 0 Å². The average molecular weight is 268 g/mol. The third-order valence-corrected chi connectivity index (χ3v) is 3.77. The minimum absolute atomic E-state index is 0.0420. The zero-order valence-electron chi connectivity index (χ0n) is 11.5. The van der Waals surface area contributed by atoms with E-state index in [0.717, 1.165) is 38.8 Å². The number of benzene rings is 1. The zero-order valence-corrected chi connectivity index (χ0v) is 11.5. The number of hydrogen-bond donors (Lipinski definition) is 1. The predicted molar refractivity (Wildman–Crippen MR) is 74.4 cm³/mol. The van der Waals surface area contributed by atoms with Gasteiger partial charge in [-0.25, -0.2) is 8.78 Å². The molecule has 1 aliphatic heterocycles. The van der Waals surface area contributed by atoms with Crippen LogP contribution in [0.25, 0.3) is 0 Å². The number of halogens is 2. The largest absolute Gasteiger partial charge is 0.367 e. The Morgan fingerprint density at radius 2 is 1.74 bits per heavy atom. The zero-order chi connectivity index (χ0) is 13.8. The van der Waals surface area contributed by atoms with E-state index in [9.17, 15) is 8.78 Å². The summed E-state index contributed by atoms with van der Waals surface area (Å²) in [5.74, 6) is -0.916. The highest BCUT2D eigenvalue weighted by Gasteiger charge is 2.20. The Kier molecular flexibility index (Phi) is 4.75. The van der Waals surface area contributed by atoms with Crippen LogP contribution in [0.5, 0.6) is 0 Å². The summed E-state index contributed by atoms with van der Waals surface area (Å²) in [7, 11) is 0. The molecule has 0 aromatic heterocycles. The first-order valence-corrected chi connectivity index (χ1v) is 7.10. The topological polar surface area (TPSA) is 29.3 Å². The summed E-state index contributed by atoms with van der Waals surface area (Å²) in [4.78, 5) is 1.82. The van der Waals surface area contributed by atoms with Gasteiger partial charge in [-0.3, -0.25) is 0 Å². The molecule has 0 aliphatic carbocycles. The molecule has 0 saturated carbocycles. The second-order valence-corrected chi connectivity index (χ2v) is 5.33. The maximum atomic E-state index is 14.1. The van der Waals surface area contributed by atoms with E-state index in [2.05, 4.69) is 0 Å². The van der Waals surface area contributed by atoms with E-state index in [-0.39, 0.29) is 11.7 Å². The molecule has 1 aromatic carbocycles. The molecule has 1 saturated heterocycles. The van der Waals surface area contributed by atoms with Gasteiger partial charge in [-0.15, -0.1) is 0 Å². The highest BCUT2D eigenvalue weighted by Crippen LogP contribution is 2.28. The lowest BCUT2D eigenvalue weighted by Crippen LogP contribution is -2.31. The maximum Gasteiger partial charge on any atom is 0.149 e. The Morgan fingerprint density at radius 3 is 2.26 bits per heavy atom. The van der Waals surface area contributed by atoms with Crippen LogP contribution in [0.2, 0.25) is 0 Å². The quantitative estimate of drug-likeness (QED) is 0.908. The summed E-state index contributed by atoms with van der Waals surface area (Å²) in [5.41, 5.74) is 6.61. The van der Waals surface area contributed by atoms with Crippen molar-refractivity contribution in [3.8, 4) is 0 Å². The highest BCUT2D eigenvalue weighted by atomic mass is 19.1. The molecule has 1 aromatic rings. The van der Waals surface area contributed by atoms with Crippen LogP contribution in [0.3, 0.4) is 0 Å². The Bertz CT molecular complexity index is 405. The van der Waals surface area contributed by atoms with Crippen LogP contribution in [0.15, 0.2) is 12.1 Å². The number of anilines is 1. The molecule has 1 heterocycles. The number of nitrogens with two attached hydrogens (primary N) is 1. The van der Waals surface area contributed by atoms with Crippen molar-refractivity contribution in [3.63, 3.8) is 0 Å². The van der Waals surface area contributed by atoms with Gasteiger partial charge >= 0.3 is 0 Å². The van der Waals surface area contributed by atoms with Gasteiger partial charge in [0.25, 0.3) is 0 Å². The summed E-state index contributed by atoms with van der Waals surface area (Å²) >= 11 is 0. The van der Waals surface area contributed by atoms with E-state index in [1.54, 1.807) is 0 Å². The molecule has 0 spiro atoms. The highest BCUT2D eigenvalue weighted by molar-refractivity contribution is 5.51. The van der Waals surface area contributed by atoms with Crippen molar-refractivity contribution < 1.29 is 8.78 Å². The monoisotopic (exact) mass is 268 g/mol. The molecule has 2 nitrogen and oxygen atoms in total. The van der Waals surface area contributed by atoms with Crippen molar-refractivity contribution >= 4 is 5.69 Å². The Labute approximate surface area is 113 Å². The third kappa shape index (κ3) is 3.44. The molecule has 19 heavy (non-hydrogen) atoms. The Morgan fingerprint density at radius 1 is 1.16 bits per heavy atom. The standard InChI is InChI=1S/C15H22F2N2/c1-2-12(18)8-11-9-13(16)15(14(17)10-11)19-6-4-3-5-7-19/h9-10,12H,2-8,18H2,1H3. The maximum absolute atomic E-state index is 14.1. The lowest BCUT2D eigenvalue weighted by atomic mass is 10.0. The lowest BCUT2D eigenvalue weighted by Gasteiger charge is -2.29. The molecule has 106 valence electrons. The summed E-state index contributed by atoms with van der Waals surface area (Å²) in [6, 6.07) is 2.82. The van der Waals surface area contributed by atoms with Gasteiger partial charge in [-0.05, 0) is 49.8 Å². The van der Waals surface area contributed by atoms with E-state index in [4.69, 9.17) is 5.73 Å². The van der Waals surface area contributed by atoms with Gasteiger partial charge in [0.2, 0.25) is 0 Å². The van der Waals surface area contributed by atoms with E-state index >= 15 is 0 Å². The van der Waals surface area contributed by atoms with Crippen molar-refractivity contribution in [3.05, 3.63) is 29.3 Å². The van der Waals surface area contributed by atoms with Gasteiger partial charge in [0, 0.05) is 19.1 Å². The van der Waals surface area contributed by atoms with E-state index in [0.29, 0.717) is 12.0 Å². The molecule has 0 amide bonds. The fourth-order valence-electron chi connectivity index (χ4n) is 2.60. The van der Waals surface area contributed by atoms with E-state index < -0.39 is 11.6 Å². The number of hydrogen-bond acceptors (Lipinski definition) is 2. The molecular weight excluding hydrogens is 246 g/mol. The molecule has 2 rings (SSSR count). The normalized spacial score (nSPS) is 17.6. The van der Waals surface area contributed by atoms with Crippen LogP contribution >= 0.6 is 0 Å². The first-order chi connectivity index (χ1) is 9.11. The minimum atomic E-state index is -0.458. The molecular formula is C15H22F2N2. The van der Waals surface area contributed by atoms with Crippen LogP contribution in [0.1, 0.15) is 38.2 Å². The fraction of sp³-hybridized carbons (Fsp3) is 0.600. The molecule has 0 radical (unpaired) electrons. The van der Waals surface area contributed by atoms with Gasteiger partial charge in [0.15, 0.2) is 0 Å². The SMILES string of the molecule is CCC(N)Cc1cc(F)c(N2CCCCC2)c(F)c1. The van der Waals surface area contributed by atoms with Crippen molar-refractivity contribution in [2.45, 2.75) is 45.1 Å². The summed E-state index contributed by atoms with van der Waals surface area (Å²) < 4.78 is 28.3. The molecule has 2 N–H and O–H groups in total. The van der Waals surface area contributed by atoms with Crippen LogP contribution in [0, 0.1) is 11.6 Å². The van der Waals surface area contributed by atoms with Gasteiger partial charge in [0.05, 0.1) is 0 Å². The van der Waals surface area contributed by atoms with Gasteiger partial charge in [-0.1, -0.05) is 6.92 Å². The van der Waals surface area contributed by atoms with Crippen LogP contribution in [-0.4, -0.2) is 19.1 Å². The van der Waals surface area contributed by atoms with Crippen molar-refractivity contribution in [2.24, 2.45) is 5.73 Å². The van der Waals surface area contributed by atoms with Crippen molar-refractivity contribution in [1.82, 2.24) is 0 Å². The summed E-state index contributed by atoms with van der Waals surface area (Å²) in [6.07, 6.45) is 4.47. The van der Waals surface area contributed by atoms with Gasteiger partial charge in [-0.2, -0.15) is 0 Å². The predicted octanol–water partition coefficient (Wildman–Crippen LogP) is 3.23. The first-order valence-electron chi connectivity index (χ1n) is 7.10. The van der Waals surface area contributed by atoms with Crippen LogP contribution in [0.4, 0.5) is 14.5 Å². The molecule has 1 unspecified atom stereocenters. The smallest absolute Gasteiger partial charge is 0.149 e. The average Bonchev–Trinajstić information content (AvgIpc) is 2.39. The van der Waals surface area contributed by atoms with E-state index in [1.807, 2.05) is 11.8 Å². The fourth-order valence-corrected chi connectivity index (χ4v) is 2.60. The van der Waals surface area contributed by atoms with Crippen LogP contribution < -0.4 is 10.6 Å². The second kappa shape index (κ2) is 6.33. The molecule has 1 fully saturated rings. The minimum Gasteiger partial charge on any atom is -0.367 e. The van der Waals surface area contributed by atoms with Gasteiger partial charge in [0.1, 0.15) is 17.3 Å². The molecule has 0 bridgehead atoms. The van der Waals surface area contributed by atoms with Crippen LogP contribution in [-0.2, 0) is 6.42 Å². The van der Waals surface area contributed by atoms with E-state index in [1.165, 1.54) is 12.1 Å². The summed E-state index contributed by atoms with van der Waals surface area (Å²) in [5, 5.41) is 0. The Balaban J connectivity index is 2.21.